The number of benzene rings is 1. The van der Waals surface area contributed by atoms with Crippen molar-refractivity contribution in [2.24, 2.45) is 22.6 Å². The number of carbonyl (C=O) groups is 1. The van der Waals surface area contributed by atoms with Gasteiger partial charge in [0.1, 0.15) is 11.6 Å². The molecule has 0 aliphatic heterocycles. The maximum Gasteiger partial charge on any atom is 0.248 e. The van der Waals surface area contributed by atoms with Gasteiger partial charge >= 0.3 is 0 Å². The quantitative estimate of drug-likeness (QED) is 0.288. The number of aromatic nitrogens is 1. The third kappa shape index (κ3) is 5.26. The summed E-state index contributed by atoms with van der Waals surface area (Å²) >= 11 is 0. The van der Waals surface area contributed by atoms with E-state index in [9.17, 15) is 18.0 Å². The summed E-state index contributed by atoms with van der Waals surface area (Å²) in [7, 11) is 1.52. The summed E-state index contributed by atoms with van der Waals surface area (Å²) in [6.07, 6.45) is 0.535. The highest BCUT2D eigenvalue weighted by Crippen LogP contribution is 2.45. The molecule has 160 valence electrons. The van der Waals surface area contributed by atoms with Gasteiger partial charge < -0.3 is 11.1 Å². The van der Waals surface area contributed by atoms with Gasteiger partial charge in [-0.05, 0) is 30.0 Å². The van der Waals surface area contributed by atoms with Crippen LogP contribution in [0.1, 0.15) is 36.3 Å². The fourth-order valence-corrected chi connectivity index (χ4v) is 3.65. The van der Waals surface area contributed by atoms with Crippen LogP contribution in [0.3, 0.4) is 0 Å². The zero-order valence-corrected chi connectivity index (χ0v) is 16.4. The number of hydrazine groups is 1. The SMILES string of the molecule is CN(N)/N=C(\N)c1ccc(C(C(=O)Nc2ccc(F)cn2)[C@H]2CCC(F)(F)C2)cc1. The van der Waals surface area contributed by atoms with E-state index >= 15 is 0 Å². The van der Waals surface area contributed by atoms with E-state index in [1.54, 1.807) is 24.3 Å². The van der Waals surface area contributed by atoms with Crippen LogP contribution in [0.2, 0.25) is 0 Å². The van der Waals surface area contributed by atoms with Crippen molar-refractivity contribution in [2.45, 2.75) is 31.1 Å². The molecule has 5 N–H and O–H groups in total. The number of carbonyl (C=O) groups excluding carboxylic acids is 1. The van der Waals surface area contributed by atoms with Crippen molar-refractivity contribution in [3.8, 4) is 0 Å². The summed E-state index contributed by atoms with van der Waals surface area (Å²) in [6.45, 7) is 0. The lowest BCUT2D eigenvalue weighted by Gasteiger charge is -2.23. The first-order valence-corrected chi connectivity index (χ1v) is 9.38. The molecule has 1 aromatic carbocycles. The van der Waals surface area contributed by atoms with Gasteiger partial charge in [0.05, 0.1) is 12.1 Å². The number of hydrazone groups is 1. The molecule has 1 unspecified atom stereocenters. The van der Waals surface area contributed by atoms with Crippen LogP contribution in [0.15, 0.2) is 47.7 Å². The maximum atomic E-state index is 13.9. The molecule has 3 rings (SSSR count). The standard InChI is InChI=1S/C20H23F3N6O/c1-29(25)28-18(24)13-4-2-12(3-5-13)17(14-8-9-20(22,23)10-14)19(30)27-16-7-6-15(21)11-26-16/h2-7,11,14,17H,8-10,25H2,1H3,(H2,24,28)(H,26,27,30)/t14-,17?/m0/s1. The second-order valence-electron chi connectivity index (χ2n) is 7.37. The molecule has 7 nitrogen and oxygen atoms in total. The minimum absolute atomic E-state index is 0.148. The van der Waals surface area contributed by atoms with Crippen LogP contribution < -0.4 is 16.9 Å². The number of hydrogen-bond donors (Lipinski definition) is 3. The Kier molecular flexibility index (Phi) is 6.25. The van der Waals surface area contributed by atoms with Crippen molar-refractivity contribution in [3.63, 3.8) is 0 Å². The van der Waals surface area contributed by atoms with E-state index in [1.807, 2.05) is 0 Å². The molecule has 1 aliphatic carbocycles. The highest BCUT2D eigenvalue weighted by Gasteiger charge is 2.45. The summed E-state index contributed by atoms with van der Waals surface area (Å²) in [5.74, 6) is 0.575. The second-order valence-corrected chi connectivity index (χ2v) is 7.37. The Hall–Kier alpha value is -3.14. The molecule has 1 saturated carbocycles. The first kappa shape index (κ1) is 21.6. The number of rotatable bonds is 6. The Morgan fingerprint density at radius 1 is 1.30 bits per heavy atom. The van der Waals surface area contributed by atoms with Gasteiger partial charge in [0, 0.05) is 25.5 Å². The number of halogens is 3. The number of nitrogens with two attached hydrogens (primary N) is 2. The van der Waals surface area contributed by atoms with Gasteiger partial charge in [-0.2, -0.15) is 0 Å². The highest BCUT2D eigenvalue weighted by molar-refractivity contribution is 5.98. The first-order chi connectivity index (χ1) is 14.1. The normalized spacial score (nSPS) is 19.4. The monoisotopic (exact) mass is 420 g/mol. The maximum absolute atomic E-state index is 13.9. The van der Waals surface area contributed by atoms with Crippen LogP contribution in [-0.2, 0) is 4.79 Å². The fraction of sp³-hybridized carbons (Fsp3) is 0.350. The Bertz CT molecular complexity index is 915. The van der Waals surface area contributed by atoms with Gasteiger partial charge in [-0.1, -0.05) is 24.3 Å². The number of nitrogens with one attached hydrogen (secondary N) is 1. The van der Waals surface area contributed by atoms with Gasteiger partial charge in [0.2, 0.25) is 11.8 Å². The summed E-state index contributed by atoms with van der Waals surface area (Å²) in [6, 6.07) is 9.10. The molecule has 1 aromatic heterocycles. The third-order valence-corrected chi connectivity index (χ3v) is 5.01. The number of amidine groups is 1. The van der Waals surface area contributed by atoms with E-state index in [0.717, 1.165) is 17.4 Å². The molecule has 30 heavy (non-hydrogen) atoms. The number of pyridine rings is 1. The molecule has 10 heteroatoms. The Balaban J connectivity index is 1.87. The number of anilines is 1. The molecule has 2 aromatic rings. The molecule has 0 spiro atoms. The van der Waals surface area contributed by atoms with Crippen molar-refractivity contribution < 1.29 is 18.0 Å². The van der Waals surface area contributed by atoms with E-state index in [-0.39, 0.29) is 30.9 Å². The summed E-state index contributed by atoms with van der Waals surface area (Å²) in [4.78, 5) is 16.8. The topological polar surface area (TPSA) is 110 Å². The summed E-state index contributed by atoms with van der Waals surface area (Å²) in [5, 5.41) is 7.57. The molecule has 1 heterocycles. The Morgan fingerprint density at radius 2 is 2.00 bits per heavy atom. The van der Waals surface area contributed by atoms with Gasteiger partial charge in [0.25, 0.3) is 0 Å². The average molecular weight is 420 g/mol. The second kappa shape index (κ2) is 8.70. The minimum Gasteiger partial charge on any atom is -0.382 e. The predicted octanol–water partition coefficient (Wildman–Crippen LogP) is 2.80. The first-order valence-electron chi connectivity index (χ1n) is 9.38. The van der Waals surface area contributed by atoms with Gasteiger partial charge in [-0.15, -0.1) is 5.10 Å². The lowest BCUT2D eigenvalue weighted by atomic mass is 9.83. The minimum atomic E-state index is -2.81. The van der Waals surface area contributed by atoms with E-state index < -0.39 is 29.5 Å². The molecule has 1 aliphatic rings. The highest BCUT2D eigenvalue weighted by atomic mass is 19.3. The number of amides is 1. The molecular weight excluding hydrogens is 397 g/mol. The van der Waals surface area contributed by atoms with Crippen molar-refractivity contribution in [1.82, 2.24) is 10.1 Å². The summed E-state index contributed by atoms with van der Waals surface area (Å²) in [5.41, 5.74) is 7.01. The number of nitrogens with zero attached hydrogens (tertiary/aromatic N) is 3. The van der Waals surface area contributed by atoms with E-state index in [0.29, 0.717) is 11.1 Å². The molecule has 1 amide bonds. The van der Waals surface area contributed by atoms with Gasteiger partial charge in [-0.25, -0.2) is 29.1 Å². The van der Waals surface area contributed by atoms with E-state index in [1.165, 1.54) is 13.1 Å². The third-order valence-electron chi connectivity index (χ3n) is 5.01. The predicted molar refractivity (Wildman–Crippen MR) is 107 cm³/mol. The molecule has 2 atom stereocenters. The van der Waals surface area contributed by atoms with Crippen molar-refractivity contribution in [2.75, 3.05) is 12.4 Å². The van der Waals surface area contributed by atoms with Crippen LogP contribution in [-0.4, -0.2) is 34.8 Å². The van der Waals surface area contributed by atoms with Crippen LogP contribution in [0.5, 0.6) is 0 Å². The van der Waals surface area contributed by atoms with Crippen LogP contribution >= 0.6 is 0 Å². The van der Waals surface area contributed by atoms with Crippen molar-refractivity contribution in [3.05, 3.63) is 59.5 Å². The van der Waals surface area contributed by atoms with Gasteiger partial charge in [0.15, 0.2) is 5.84 Å². The van der Waals surface area contributed by atoms with Crippen molar-refractivity contribution in [1.29, 1.82) is 0 Å². The van der Waals surface area contributed by atoms with Gasteiger partial charge in [-0.3, -0.25) is 4.79 Å². The van der Waals surface area contributed by atoms with E-state index in [2.05, 4.69) is 15.4 Å². The van der Waals surface area contributed by atoms with E-state index in [4.69, 9.17) is 11.6 Å². The van der Waals surface area contributed by atoms with Crippen molar-refractivity contribution >= 4 is 17.6 Å². The fourth-order valence-electron chi connectivity index (χ4n) is 3.65. The zero-order valence-electron chi connectivity index (χ0n) is 16.4. The Labute approximate surface area is 171 Å². The largest absolute Gasteiger partial charge is 0.382 e. The number of hydrogen-bond acceptors (Lipinski definition) is 5. The molecule has 1 fully saturated rings. The molecular formula is C20H23F3N6O. The smallest absolute Gasteiger partial charge is 0.248 e. The lowest BCUT2D eigenvalue weighted by Crippen LogP contribution is -2.28. The molecule has 0 saturated heterocycles. The molecule has 0 bridgehead atoms. The lowest BCUT2D eigenvalue weighted by molar-refractivity contribution is -0.118. The summed E-state index contributed by atoms with van der Waals surface area (Å²) < 4.78 is 40.8. The average Bonchev–Trinajstić information content (AvgIpc) is 3.03. The van der Waals surface area contributed by atoms with Crippen LogP contribution in [0, 0.1) is 11.7 Å². The zero-order chi connectivity index (χ0) is 21.9. The number of alkyl halides is 2. The van der Waals surface area contributed by atoms with Crippen LogP contribution in [0.25, 0.3) is 0 Å². The van der Waals surface area contributed by atoms with Crippen LogP contribution in [0.4, 0.5) is 19.0 Å². The Morgan fingerprint density at radius 3 is 2.53 bits per heavy atom. The molecule has 0 radical (unpaired) electrons.